The number of aliphatic hydroxyl groups excluding tert-OH is 1. The number of amides is 2. The summed E-state index contributed by atoms with van der Waals surface area (Å²) < 4.78 is 0. The maximum atomic E-state index is 12.5. The summed E-state index contributed by atoms with van der Waals surface area (Å²) in [6, 6.07) is 8.25. The fourth-order valence-corrected chi connectivity index (χ4v) is 5.52. The molecule has 1 aliphatic heterocycles. The summed E-state index contributed by atoms with van der Waals surface area (Å²) in [7, 11) is 0. The number of hydrogen-bond acceptors (Lipinski definition) is 7. The number of nitrogens with zero attached hydrogens (tertiary/aromatic N) is 2. The summed E-state index contributed by atoms with van der Waals surface area (Å²) in [5.74, 6) is -0.627. The van der Waals surface area contributed by atoms with Crippen molar-refractivity contribution in [3.8, 4) is 16.2 Å². The van der Waals surface area contributed by atoms with Crippen LogP contribution in [0, 0.1) is 0 Å². The SMILES string of the molecule is C/C(=N\NC(=O)c1ccc(C(=O)N2CCC(O)C2)s1)c1csc(-c2ccc(Cl)c(Cl)c2)c1O. The van der Waals surface area contributed by atoms with E-state index in [1.807, 2.05) is 0 Å². The number of aromatic hydroxyl groups is 1. The summed E-state index contributed by atoms with van der Waals surface area (Å²) in [6.07, 6.45) is 0.0559. The molecule has 1 unspecified atom stereocenters. The molecule has 0 bridgehead atoms. The fourth-order valence-electron chi connectivity index (χ4n) is 3.36. The highest BCUT2D eigenvalue weighted by atomic mass is 35.5. The monoisotopic (exact) mass is 523 g/mol. The van der Waals surface area contributed by atoms with Crippen LogP contribution in [0.25, 0.3) is 10.4 Å². The summed E-state index contributed by atoms with van der Waals surface area (Å²) in [5.41, 5.74) is 4.09. The topological polar surface area (TPSA) is 102 Å². The normalized spacial score (nSPS) is 16.3. The average Bonchev–Trinajstić information content (AvgIpc) is 3.53. The van der Waals surface area contributed by atoms with Gasteiger partial charge in [0.2, 0.25) is 0 Å². The molecule has 172 valence electrons. The lowest BCUT2D eigenvalue weighted by Crippen LogP contribution is -2.28. The Hall–Kier alpha value is -2.43. The summed E-state index contributed by atoms with van der Waals surface area (Å²) in [5, 5.41) is 26.9. The largest absolute Gasteiger partial charge is 0.506 e. The van der Waals surface area contributed by atoms with Gasteiger partial charge in [0.15, 0.2) is 0 Å². The Morgan fingerprint density at radius 3 is 2.64 bits per heavy atom. The molecule has 4 rings (SSSR count). The molecule has 0 spiro atoms. The number of benzene rings is 1. The number of β-amino-alcohol motifs (C(OH)–C–C–N with tert-alkyl or cyclic N) is 1. The second kappa shape index (κ2) is 9.82. The molecule has 2 aromatic heterocycles. The first-order valence-corrected chi connectivity index (χ1v) is 12.4. The first-order chi connectivity index (χ1) is 15.7. The summed E-state index contributed by atoms with van der Waals surface area (Å²) >= 11 is 14.4. The van der Waals surface area contributed by atoms with E-state index in [9.17, 15) is 19.8 Å². The van der Waals surface area contributed by atoms with Gasteiger partial charge < -0.3 is 15.1 Å². The van der Waals surface area contributed by atoms with Gasteiger partial charge in [0.05, 0.1) is 42.1 Å². The molecule has 1 aliphatic rings. The summed E-state index contributed by atoms with van der Waals surface area (Å²) in [6.45, 7) is 2.47. The minimum Gasteiger partial charge on any atom is -0.506 e. The van der Waals surface area contributed by atoms with E-state index in [-0.39, 0.29) is 11.7 Å². The highest BCUT2D eigenvalue weighted by Crippen LogP contribution is 2.40. The van der Waals surface area contributed by atoms with E-state index in [2.05, 4.69) is 10.5 Å². The Kier molecular flexibility index (Phi) is 7.06. The minimum absolute atomic E-state index is 0.0331. The van der Waals surface area contributed by atoms with Gasteiger partial charge in [-0.05, 0) is 43.2 Å². The standard InChI is InChI=1S/C22H19Cl2N3O4S2/c1-11(14-10-32-20(19(14)29)12-2-3-15(23)16(24)8-12)25-26-21(30)17-4-5-18(33-17)22(31)27-7-6-13(28)9-27/h2-5,8,10,13,28-29H,6-7,9H2,1H3,(H,26,30)/b25-11+. The Morgan fingerprint density at radius 1 is 1.18 bits per heavy atom. The Labute approximate surface area is 207 Å². The Morgan fingerprint density at radius 2 is 1.94 bits per heavy atom. The second-order valence-electron chi connectivity index (χ2n) is 7.45. The maximum absolute atomic E-state index is 12.5. The van der Waals surface area contributed by atoms with E-state index in [1.165, 1.54) is 11.3 Å². The predicted octanol–water partition coefficient (Wildman–Crippen LogP) is 4.85. The van der Waals surface area contributed by atoms with Gasteiger partial charge in [0, 0.05) is 18.5 Å². The van der Waals surface area contributed by atoms with Crippen molar-refractivity contribution in [1.82, 2.24) is 10.3 Å². The third-order valence-electron chi connectivity index (χ3n) is 5.15. The van der Waals surface area contributed by atoms with Gasteiger partial charge in [-0.2, -0.15) is 5.10 Å². The Bertz CT molecular complexity index is 1250. The van der Waals surface area contributed by atoms with Crippen LogP contribution in [0.2, 0.25) is 10.0 Å². The van der Waals surface area contributed by atoms with Crippen molar-refractivity contribution in [2.24, 2.45) is 5.10 Å². The molecular formula is C22H19Cl2N3O4S2. The molecule has 33 heavy (non-hydrogen) atoms. The van der Waals surface area contributed by atoms with Gasteiger partial charge in [-0.15, -0.1) is 22.7 Å². The van der Waals surface area contributed by atoms with Crippen LogP contribution >= 0.6 is 45.9 Å². The van der Waals surface area contributed by atoms with E-state index in [1.54, 1.807) is 47.5 Å². The lowest BCUT2D eigenvalue weighted by atomic mass is 10.1. The van der Waals surface area contributed by atoms with Gasteiger partial charge in [0.25, 0.3) is 11.8 Å². The van der Waals surface area contributed by atoms with E-state index >= 15 is 0 Å². The lowest BCUT2D eigenvalue weighted by molar-refractivity contribution is 0.0769. The van der Waals surface area contributed by atoms with Crippen molar-refractivity contribution >= 4 is 63.4 Å². The third-order valence-corrected chi connectivity index (χ3v) is 7.98. The molecule has 2 amide bonds. The average molecular weight is 524 g/mol. The van der Waals surface area contributed by atoms with Crippen molar-refractivity contribution in [1.29, 1.82) is 0 Å². The van der Waals surface area contributed by atoms with Gasteiger partial charge in [-0.3, -0.25) is 9.59 Å². The van der Waals surface area contributed by atoms with Crippen LogP contribution in [-0.2, 0) is 0 Å². The molecule has 1 saturated heterocycles. The zero-order chi connectivity index (χ0) is 23.7. The number of aliphatic hydroxyl groups is 1. The number of thiophene rings is 2. The number of carbonyl (C=O) groups excluding carboxylic acids is 2. The van der Waals surface area contributed by atoms with E-state index < -0.39 is 12.0 Å². The van der Waals surface area contributed by atoms with E-state index in [0.29, 0.717) is 55.5 Å². The highest BCUT2D eigenvalue weighted by molar-refractivity contribution is 7.16. The van der Waals surface area contributed by atoms with Crippen molar-refractivity contribution in [2.45, 2.75) is 19.4 Å². The molecule has 0 saturated carbocycles. The first-order valence-electron chi connectivity index (χ1n) is 9.92. The maximum Gasteiger partial charge on any atom is 0.281 e. The first kappa shape index (κ1) is 23.7. The zero-order valence-electron chi connectivity index (χ0n) is 17.3. The van der Waals surface area contributed by atoms with Crippen LogP contribution in [0.15, 0.2) is 40.8 Å². The molecule has 11 heteroatoms. The van der Waals surface area contributed by atoms with Gasteiger partial charge >= 0.3 is 0 Å². The van der Waals surface area contributed by atoms with Gasteiger partial charge in [-0.1, -0.05) is 29.3 Å². The number of hydrazone groups is 1. The molecule has 0 aliphatic carbocycles. The van der Waals surface area contributed by atoms with Crippen molar-refractivity contribution < 1.29 is 19.8 Å². The van der Waals surface area contributed by atoms with Crippen molar-refractivity contribution in [2.75, 3.05) is 13.1 Å². The van der Waals surface area contributed by atoms with Crippen LogP contribution < -0.4 is 5.43 Å². The molecule has 3 N–H and O–H groups in total. The smallest absolute Gasteiger partial charge is 0.281 e. The zero-order valence-corrected chi connectivity index (χ0v) is 20.5. The van der Waals surface area contributed by atoms with Crippen molar-refractivity contribution in [3.05, 3.63) is 61.1 Å². The third kappa shape index (κ3) is 5.07. The second-order valence-corrected chi connectivity index (χ2v) is 10.2. The minimum atomic E-state index is -0.500. The van der Waals surface area contributed by atoms with E-state index in [4.69, 9.17) is 23.2 Å². The number of hydrogen-bond donors (Lipinski definition) is 3. The van der Waals surface area contributed by atoms with Gasteiger partial charge in [-0.25, -0.2) is 5.43 Å². The number of rotatable bonds is 5. The molecule has 0 radical (unpaired) electrons. The molecule has 7 nitrogen and oxygen atoms in total. The molecule has 3 aromatic rings. The van der Waals surface area contributed by atoms with Gasteiger partial charge in [0.1, 0.15) is 5.75 Å². The van der Waals surface area contributed by atoms with Crippen LogP contribution in [0.4, 0.5) is 0 Å². The highest BCUT2D eigenvalue weighted by Gasteiger charge is 2.26. The number of carbonyl (C=O) groups is 2. The molecule has 1 fully saturated rings. The van der Waals surface area contributed by atoms with E-state index in [0.717, 1.165) is 16.9 Å². The molecule has 1 atom stereocenters. The number of halogens is 2. The number of nitrogens with one attached hydrogen (secondary N) is 1. The molecular weight excluding hydrogens is 505 g/mol. The molecule has 1 aromatic carbocycles. The van der Waals surface area contributed by atoms with Crippen LogP contribution in [0.1, 0.15) is 38.3 Å². The lowest BCUT2D eigenvalue weighted by Gasteiger charge is -2.13. The van der Waals surface area contributed by atoms with Crippen LogP contribution in [0.5, 0.6) is 5.75 Å². The quantitative estimate of drug-likeness (QED) is 0.328. The van der Waals surface area contributed by atoms with Crippen LogP contribution in [0.3, 0.4) is 0 Å². The Balaban J connectivity index is 1.45. The fraction of sp³-hybridized carbons (Fsp3) is 0.227. The summed E-state index contributed by atoms with van der Waals surface area (Å²) in [4.78, 5) is 28.0. The number of likely N-dealkylation sites (tertiary alicyclic amines) is 1. The predicted molar refractivity (Wildman–Crippen MR) is 132 cm³/mol. The van der Waals surface area contributed by atoms with Crippen LogP contribution in [-0.4, -0.2) is 51.8 Å². The molecule has 3 heterocycles. The van der Waals surface area contributed by atoms with Crippen molar-refractivity contribution in [3.63, 3.8) is 0 Å².